The van der Waals surface area contributed by atoms with Gasteiger partial charge < -0.3 is 4.98 Å². The van der Waals surface area contributed by atoms with Gasteiger partial charge in [-0.25, -0.2) is 0 Å². The van der Waals surface area contributed by atoms with Gasteiger partial charge in [0.15, 0.2) is 0 Å². The van der Waals surface area contributed by atoms with Gasteiger partial charge in [0, 0.05) is 21.6 Å². The van der Waals surface area contributed by atoms with Gasteiger partial charge in [0.25, 0.3) is 0 Å². The van der Waals surface area contributed by atoms with Gasteiger partial charge in [0.1, 0.15) is 0 Å². The molecular formula is C12H14ClN. The number of fused-ring (bicyclic) bond motifs is 1. The van der Waals surface area contributed by atoms with E-state index in [1.165, 1.54) is 22.2 Å². The number of rotatable bonds is 1. The minimum absolute atomic E-state index is 0.529. The molecule has 1 heterocycles. The number of H-pyrrole nitrogens is 1. The first-order chi connectivity index (χ1) is 6.59. The summed E-state index contributed by atoms with van der Waals surface area (Å²) in [5, 5.41) is 2.04. The van der Waals surface area contributed by atoms with Crippen LogP contribution in [-0.2, 0) is 0 Å². The number of nitrogens with one attached hydrogen (secondary N) is 1. The van der Waals surface area contributed by atoms with Gasteiger partial charge in [-0.1, -0.05) is 25.4 Å². The highest BCUT2D eigenvalue weighted by molar-refractivity contribution is 6.31. The number of aryl methyl sites for hydroxylation is 1. The summed E-state index contributed by atoms with van der Waals surface area (Å²) in [5.41, 5.74) is 3.80. The Bertz CT molecular complexity index is 468. The third kappa shape index (κ3) is 1.42. The predicted molar refractivity (Wildman–Crippen MR) is 62.1 cm³/mol. The van der Waals surface area contributed by atoms with Crippen LogP contribution in [0.3, 0.4) is 0 Å². The molecule has 74 valence electrons. The molecule has 0 unspecified atom stereocenters. The average Bonchev–Trinajstić information content (AvgIpc) is 2.44. The van der Waals surface area contributed by atoms with E-state index in [0.29, 0.717) is 5.92 Å². The molecule has 0 bridgehead atoms. The second-order valence-corrected chi connectivity index (χ2v) is 4.44. The summed E-state index contributed by atoms with van der Waals surface area (Å²) in [6.07, 6.45) is 0. The highest BCUT2D eigenvalue weighted by Crippen LogP contribution is 2.28. The largest absolute Gasteiger partial charge is 0.358 e. The number of benzene rings is 1. The summed E-state index contributed by atoms with van der Waals surface area (Å²) < 4.78 is 0. The lowest BCUT2D eigenvalue weighted by Gasteiger charge is -2.02. The Morgan fingerprint density at radius 3 is 2.64 bits per heavy atom. The summed E-state index contributed by atoms with van der Waals surface area (Å²) in [6.45, 7) is 6.53. The third-order valence-corrected chi connectivity index (χ3v) is 2.87. The molecule has 0 atom stereocenters. The summed E-state index contributed by atoms with van der Waals surface area (Å²) in [7, 11) is 0. The van der Waals surface area contributed by atoms with Crippen LogP contribution < -0.4 is 0 Å². The van der Waals surface area contributed by atoms with Crippen LogP contribution in [0.15, 0.2) is 18.2 Å². The van der Waals surface area contributed by atoms with Crippen molar-refractivity contribution in [3.05, 3.63) is 34.5 Å². The maximum Gasteiger partial charge on any atom is 0.0459 e. The molecule has 0 amide bonds. The van der Waals surface area contributed by atoms with Crippen molar-refractivity contribution in [2.75, 3.05) is 0 Å². The average molecular weight is 208 g/mol. The maximum atomic E-state index is 5.97. The van der Waals surface area contributed by atoms with Crippen molar-refractivity contribution >= 4 is 22.5 Å². The topological polar surface area (TPSA) is 15.8 Å². The van der Waals surface area contributed by atoms with Crippen molar-refractivity contribution < 1.29 is 0 Å². The molecule has 0 aliphatic heterocycles. The second-order valence-electron chi connectivity index (χ2n) is 4.01. The molecule has 0 spiro atoms. The Morgan fingerprint density at radius 1 is 1.29 bits per heavy atom. The van der Waals surface area contributed by atoms with Crippen molar-refractivity contribution in [2.45, 2.75) is 26.7 Å². The first-order valence-electron chi connectivity index (χ1n) is 4.87. The molecule has 1 aromatic carbocycles. The van der Waals surface area contributed by atoms with Crippen LogP contribution in [0.1, 0.15) is 31.0 Å². The van der Waals surface area contributed by atoms with Crippen LogP contribution in [0.4, 0.5) is 0 Å². The van der Waals surface area contributed by atoms with Gasteiger partial charge in [0.2, 0.25) is 0 Å². The molecule has 1 aromatic heterocycles. The van der Waals surface area contributed by atoms with Gasteiger partial charge in [0.05, 0.1) is 0 Å². The van der Waals surface area contributed by atoms with Crippen LogP contribution in [0.5, 0.6) is 0 Å². The highest BCUT2D eigenvalue weighted by Gasteiger charge is 2.10. The van der Waals surface area contributed by atoms with Gasteiger partial charge >= 0.3 is 0 Å². The number of aromatic nitrogens is 1. The molecular weight excluding hydrogens is 194 g/mol. The Hall–Kier alpha value is -0.950. The van der Waals surface area contributed by atoms with Gasteiger partial charge in [-0.2, -0.15) is 0 Å². The van der Waals surface area contributed by atoms with E-state index in [0.717, 1.165) is 5.02 Å². The highest BCUT2D eigenvalue weighted by atomic mass is 35.5. The maximum absolute atomic E-state index is 5.97. The lowest BCUT2D eigenvalue weighted by molar-refractivity contribution is 0.828. The lowest BCUT2D eigenvalue weighted by Crippen LogP contribution is -1.88. The molecule has 0 saturated heterocycles. The van der Waals surface area contributed by atoms with E-state index >= 15 is 0 Å². The van der Waals surface area contributed by atoms with Crippen LogP contribution >= 0.6 is 11.6 Å². The number of halogens is 1. The predicted octanol–water partition coefficient (Wildman–Crippen LogP) is 4.25. The van der Waals surface area contributed by atoms with E-state index in [2.05, 4.69) is 25.8 Å². The van der Waals surface area contributed by atoms with E-state index in [1.54, 1.807) is 0 Å². The molecule has 0 radical (unpaired) electrons. The fraction of sp³-hybridized carbons (Fsp3) is 0.333. The molecule has 2 aromatic rings. The van der Waals surface area contributed by atoms with Gasteiger partial charge in [-0.3, -0.25) is 0 Å². The fourth-order valence-electron chi connectivity index (χ4n) is 1.90. The molecule has 2 rings (SSSR count). The molecule has 14 heavy (non-hydrogen) atoms. The van der Waals surface area contributed by atoms with Crippen molar-refractivity contribution in [1.29, 1.82) is 0 Å². The van der Waals surface area contributed by atoms with E-state index in [1.807, 2.05) is 18.2 Å². The SMILES string of the molecule is Cc1c(C(C)C)[nH]c2ccc(Cl)cc12. The zero-order valence-corrected chi connectivity index (χ0v) is 9.44. The quantitative estimate of drug-likeness (QED) is 0.720. The summed E-state index contributed by atoms with van der Waals surface area (Å²) in [5.74, 6) is 0.529. The summed E-state index contributed by atoms with van der Waals surface area (Å²) >= 11 is 5.97. The first-order valence-corrected chi connectivity index (χ1v) is 5.25. The molecule has 1 nitrogen and oxygen atoms in total. The zero-order chi connectivity index (χ0) is 10.3. The minimum atomic E-state index is 0.529. The van der Waals surface area contributed by atoms with E-state index in [-0.39, 0.29) is 0 Å². The van der Waals surface area contributed by atoms with Crippen LogP contribution in [0, 0.1) is 6.92 Å². The third-order valence-electron chi connectivity index (χ3n) is 2.64. The molecule has 0 saturated carbocycles. The van der Waals surface area contributed by atoms with Crippen molar-refractivity contribution in [2.24, 2.45) is 0 Å². The Morgan fingerprint density at radius 2 is 2.00 bits per heavy atom. The monoisotopic (exact) mass is 207 g/mol. The molecule has 1 N–H and O–H groups in total. The molecule has 2 heteroatoms. The van der Waals surface area contributed by atoms with Crippen LogP contribution in [0.2, 0.25) is 5.02 Å². The van der Waals surface area contributed by atoms with Gasteiger partial charge in [-0.15, -0.1) is 0 Å². The van der Waals surface area contributed by atoms with Gasteiger partial charge in [-0.05, 0) is 36.6 Å². The Kier molecular flexibility index (Phi) is 2.28. The van der Waals surface area contributed by atoms with E-state index in [4.69, 9.17) is 11.6 Å². The molecule has 0 aliphatic carbocycles. The standard InChI is InChI=1S/C12H14ClN/c1-7(2)12-8(3)10-6-9(13)4-5-11(10)14-12/h4-7,14H,1-3H3. The first kappa shape index (κ1) is 9.60. The van der Waals surface area contributed by atoms with Crippen molar-refractivity contribution in [3.8, 4) is 0 Å². The summed E-state index contributed by atoms with van der Waals surface area (Å²) in [4.78, 5) is 3.43. The molecule has 0 aliphatic rings. The fourth-order valence-corrected chi connectivity index (χ4v) is 2.07. The van der Waals surface area contributed by atoms with Crippen molar-refractivity contribution in [1.82, 2.24) is 4.98 Å². The number of hydrogen-bond donors (Lipinski definition) is 1. The second kappa shape index (κ2) is 3.32. The van der Waals surface area contributed by atoms with Crippen LogP contribution in [0.25, 0.3) is 10.9 Å². The normalized spacial score (nSPS) is 11.5. The lowest BCUT2D eigenvalue weighted by atomic mass is 10.1. The smallest absolute Gasteiger partial charge is 0.0459 e. The van der Waals surface area contributed by atoms with Crippen molar-refractivity contribution in [3.63, 3.8) is 0 Å². The Labute approximate surface area is 89.1 Å². The number of aromatic amines is 1. The minimum Gasteiger partial charge on any atom is -0.358 e. The molecule has 0 fully saturated rings. The van der Waals surface area contributed by atoms with E-state index < -0.39 is 0 Å². The zero-order valence-electron chi connectivity index (χ0n) is 8.69. The van der Waals surface area contributed by atoms with Crippen LogP contribution in [-0.4, -0.2) is 4.98 Å². The summed E-state index contributed by atoms with van der Waals surface area (Å²) in [6, 6.07) is 5.98. The number of hydrogen-bond acceptors (Lipinski definition) is 0. The Balaban J connectivity index is 2.74. The van der Waals surface area contributed by atoms with E-state index in [9.17, 15) is 0 Å².